The second-order valence-corrected chi connectivity index (χ2v) is 2.71. The van der Waals surface area contributed by atoms with E-state index in [2.05, 4.69) is 5.10 Å². The van der Waals surface area contributed by atoms with Crippen molar-refractivity contribution >= 4 is 11.6 Å². The van der Waals surface area contributed by atoms with Crippen LogP contribution in [0.2, 0.25) is 0 Å². The molecule has 0 atom stereocenters. The highest BCUT2D eigenvalue weighted by Crippen LogP contribution is 2.13. The minimum atomic E-state index is -0.416. The molecule has 0 radical (unpaired) electrons. The number of nitrogens with zero attached hydrogens (tertiary/aromatic N) is 2. The van der Waals surface area contributed by atoms with Gasteiger partial charge in [0.2, 0.25) is 5.91 Å². The van der Waals surface area contributed by atoms with Crippen molar-refractivity contribution in [2.75, 3.05) is 5.73 Å². The first-order valence-electron chi connectivity index (χ1n) is 3.60. The zero-order chi connectivity index (χ0) is 9.30. The molecule has 5 heteroatoms. The molecule has 0 bridgehead atoms. The molecule has 0 spiro atoms. The first-order chi connectivity index (χ1) is 5.52. The lowest BCUT2D eigenvalue weighted by atomic mass is 10.3. The average molecular weight is 168 g/mol. The van der Waals surface area contributed by atoms with Crippen molar-refractivity contribution in [2.45, 2.75) is 20.4 Å². The van der Waals surface area contributed by atoms with Gasteiger partial charge in [0.1, 0.15) is 6.54 Å². The van der Waals surface area contributed by atoms with E-state index in [1.54, 1.807) is 13.8 Å². The van der Waals surface area contributed by atoms with E-state index < -0.39 is 5.91 Å². The molecule has 1 aromatic rings. The summed E-state index contributed by atoms with van der Waals surface area (Å²) in [7, 11) is 0. The molecular weight excluding hydrogens is 156 g/mol. The molecule has 0 saturated carbocycles. The van der Waals surface area contributed by atoms with E-state index in [4.69, 9.17) is 11.5 Å². The highest BCUT2D eigenvalue weighted by atomic mass is 16.1. The Balaban J connectivity index is 3.01. The molecule has 1 rings (SSSR count). The molecule has 4 N–H and O–H groups in total. The zero-order valence-corrected chi connectivity index (χ0v) is 7.16. The number of carbonyl (C=O) groups excluding carboxylic acids is 1. The molecule has 0 aliphatic carbocycles. The van der Waals surface area contributed by atoms with Gasteiger partial charge in [-0.15, -0.1) is 0 Å². The quantitative estimate of drug-likeness (QED) is 0.628. The lowest BCUT2D eigenvalue weighted by Gasteiger charge is -1.99. The van der Waals surface area contributed by atoms with Gasteiger partial charge in [0.15, 0.2) is 0 Å². The number of nitrogens with two attached hydrogens (primary N) is 2. The molecule has 0 aromatic carbocycles. The van der Waals surface area contributed by atoms with Gasteiger partial charge >= 0.3 is 0 Å². The Morgan fingerprint density at radius 2 is 2.17 bits per heavy atom. The maximum Gasteiger partial charge on any atom is 0.239 e. The van der Waals surface area contributed by atoms with Crippen molar-refractivity contribution in [1.82, 2.24) is 9.78 Å². The summed E-state index contributed by atoms with van der Waals surface area (Å²) in [6.07, 6.45) is 0. The molecule has 1 heterocycles. The SMILES string of the molecule is Cc1nn(CC(N)=O)c(C)c1N. The summed E-state index contributed by atoms with van der Waals surface area (Å²) in [5.74, 6) is -0.416. The summed E-state index contributed by atoms with van der Waals surface area (Å²) in [5, 5.41) is 4.04. The first kappa shape index (κ1) is 8.58. The lowest BCUT2D eigenvalue weighted by Crippen LogP contribution is -2.20. The van der Waals surface area contributed by atoms with Gasteiger partial charge in [-0.05, 0) is 13.8 Å². The van der Waals surface area contributed by atoms with Crippen LogP contribution in [-0.4, -0.2) is 15.7 Å². The van der Waals surface area contributed by atoms with E-state index in [-0.39, 0.29) is 6.54 Å². The monoisotopic (exact) mass is 168 g/mol. The fourth-order valence-corrected chi connectivity index (χ4v) is 1.01. The van der Waals surface area contributed by atoms with Crippen LogP contribution in [0.1, 0.15) is 11.4 Å². The summed E-state index contributed by atoms with van der Waals surface area (Å²) in [6.45, 7) is 3.68. The van der Waals surface area contributed by atoms with Gasteiger partial charge in [0.25, 0.3) is 0 Å². The highest BCUT2D eigenvalue weighted by molar-refractivity contribution is 5.73. The van der Waals surface area contributed by atoms with Gasteiger partial charge in [-0.2, -0.15) is 5.10 Å². The Morgan fingerprint density at radius 3 is 2.50 bits per heavy atom. The van der Waals surface area contributed by atoms with E-state index in [9.17, 15) is 4.79 Å². The number of amides is 1. The Morgan fingerprint density at radius 1 is 1.58 bits per heavy atom. The minimum Gasteiger partial charge on any atom is -0.396 e. The molecule has 1 aromatic heterocycles. The molecule has 0 saturated heterocycles. The third kappa shape index (κ3) is 1.39. The van der Waals surface area contributed by atoms with Gasteiger partial charge in [-0.3, -0.25) is 9.48 Å². The van der Waals surface area contributed by atoms with Gasteiger partial charge < -0.3 is 11.5 Å². The highest BCUT2D eigenvalue weighted by Gasteiger charge is 2.08. The van der Waals surface area contributed by atoms with E-state index in [0.29, 0.717) is 5.69 Å². The smallest absolute Gasteiger partial charge is 0.239 e. The van der Waals surface area contributed by atoms with Crippen LogP contribution >= 0.6 is 0 Å². The Labute approximate surface area is 70.3 Å². The van der Waals surface area contributed by atoms with Crippen LogP contribution in [0, 0.1) is 13.8 Å². The lowest BCUT2D eigenvalue weighted by molar-refractivity contribution is -0.118. The molecule has 0 aliphatic heterocycles. The van der Waals surface area contributed by atoms with Crippen molar-refractivity contribution in [3.8, 4) is 0 Å². The summed E-state index contributed by atoms with van der Waals surface area (Å²) < 4.78 is 1.51. The van der Waals surface area contributed by atoms with Crippen LogP contribution in [0.5, 0.6) is 0 Å². The number of hydrogen-bond donors (Lipinski definition) is 2. The Bertz CT molecular complexity index is 315. The fraction of sp³-hybridized carbons (Fsp3) is 0.429. The van der Waals surface area contributed by atoms with Gasteiger partial charge in [-0.1, -0.05) is 0 Å². The Hall–Kier alpha value is -1.52. The second kappa shape index (κ2) is 2.84. The van der Waals surface area contributed by atoms with Gasteiger partial charge in [-0.25, -0.2) is 0 Å². The number of rotatable bonds is 2. The van der Waals surface area contributed by atoms with Gasteiger partial charge in [0, 0.05) is 0 Å². The predicted molar refractivity (Wildman–Crippen MR) is 45.3 cm³/mol. The first-order valence-corrected chi connectivity index (χ1v) is 3.60. The maximum atomic E-state index is 10.6. The Kier molecular flexibility index (Phi) is 2.03. The molecule has 66 valence electrons. The van der Waals surface area contributed by atoms with E-state index in [0.717, 1.165) is 11.4 Å². The molecule has 0 aliphatic rings. The third-order valence-electron chi connectivity index (χ3n) is 1.74. The standard InChI is InChI=1S/C7H12N4O/c1-4-7(9)5(2)11(10-4)3-6(8)12/h3,9H2,1-2H3,(H2,8,12). The fourth-order valence-electron chi connectivity index (χ4n) is 1.01. The van der Waals surface area contributed by atoms with Crippen LogP contribution in [-0.2, 0) is 11.3 Å². The molecular formula is C7H12N4O. The summed E-state index contributed by atoms with van der Waals surface area (Å²) >= 11 is 0. The molecule has 0 unspecified atom stereocenters. The number of aryl methyl sites for hydroxylation is 1. The number of nitrogen functional groups attached to an aromatic ring is 1. The van der Waals surface area contributed by atoms with Crippen LogP contribution in [0.15, 0.2) is 0 Å². The van der Waals surface area contributed by atoms with E-state index in [1.807, 2.05) is 0 Å². The largest absolute Gasteiger partial charge is 0.396 e. The van der Waals surface area contributed by atoms with Gasteiger partial charge in [0.05, 0.1) is 17.1 Å². The number of hydrogen-bond acceptors (Lipinski definition) is 3. The number of anilines is 1. The van der Waals surface area contributed by atoms with Crippen molar-refractivity contribution in [3.05, 3.63) is 11.4 Å². The van der Waals surface area contributed by atoms with Crippen molar-refractivity contribution in [2.24, 2.45) is 5.73 Å². The van der Waals surface area contributed by atoms with Crippen LogP contribution in [0.3, 0.4) is 0 Å². The van der Waals surface area contributed by atoms with Crippen LogP contribution in [0.25, 0.3) is 0 Å². The number of aromatic nitrogens is 2. The predicted octanol–water partition coefficient (Wildman–Crippen LogP) is -0.433. The van der Waals surface area contributed by atoms with Crippen molar-refractivity contribution < 1.29 is 4.79 Å². The summed E-state index contributed by atoms with van der Waals surface area (Å²) in [4.78, 5) is 10.6. The van der Waals surface area contributed by atoms with Crippen molar-refractivity contribution in [1.29, 1.82) is 0 Å². The van der Waals surface area contributed by atoms with Crippen molar-refractivity contribution in [3.63, 3.8) is 0 Å². The molecule has 12 heavy (non-hydrogen) atoms. The zero-order valence-electron chi connectivity index (χ0n) is 7.16. The third-order valence-corrected chi connectivity index (χ3v) is 1.74. The normalized spacial score (nSPS) is 10.2. The van der Waals surface area contributed by atoms with E-state index in [1.165, 1.54) is 4.68 Å². The summed E-state index contributed by atoms with van der Waals surface area (Å²) in [5.41, 5.74) is 12.8. The molecule has 5 nitrogen and oxygen atoms in total. The van der Waals surface area contributed by atoms with E-state index >= 15 is 0 Å². The maximum absolute atomic E-state index is 10.6. The minimum absolute atomic E-state index is 0.0872. The second-order valence-electron chi connectivity index (χ2n) is 2.71. The average Bonchev–Trinajstić information content (AvgIpc) is 2.17. The topological polar surface area (TPSA) is 86.9 Å². The number of primary amides is 1. The van der Waals surface area contributed by atoms with Crippen LogP contribution in [0.4, 0.5) is 5.69 Å². The molecule has 0 fully saturated rings. The molecule has 1 amide bonds. The summed E-state index contributed by atoms with van der Waals surface area (Å²) in [6, 6.07) is 0. The number of carbonyl (C=O) groups is 1. The van der Waals surface area contributed by atoms with Crippen LogP contribution < -0.4 is 11.5 Å².